The summed E-state index contributed by atoms with van der Waals surface area (Å²) in [5.74, 6) is 0. The van der Waals surface area contributed by atoms with Crippen LogP contribution < -0.4 is 5.56 Å². The average Bonchev–Trinajstić information content (AvgIpc) is 2.88. The highest BCUT2D eigenvalue weighted by Gasteiger charge is 2.23. The molecule has 25 heavy (non-hydrogen) atoms. The molecule has 134 valence electrons. The first-order valence-corrected chi connectivity index (χ1v) is 9.73. The Balaban J connectivity index is 1.42. The van der Waals surface area contributed by atoms with Gasteiger partial charge in [-0.05, 0) is 44.5 Å². The van der Waals surface area contributed by atoms with Gasteiger partial charge in [0.05, 0.1) is 5.69 Å². The van der Waals surface area contributed by atoms with Crippen molar-refractivity contribution in [3.8, 4) is 0 Å². The van der Waals surface area contributed by atoms with Gasteiger partial charge in [0.2, 0.25) is 0 Å². The number of aromatic nitrogens is 2. The summed E-state index contributed by atoms with van der Waals surface area (Å²) >= 11 is 0. The predicted molar refractivity (Wildman–Crippen MR) is 99.8 cm³/mol. The fourth-order valence-electron chi connectivity index (χ4n) is 4.37. The van der Waals surface area contributed by atoms with Crippen LogP contribution in [0.2, 0.25) is 0 Å². The van der Waals surface area contributed by atoms with Crippen molar-refractivity contribution in [2.75, 3.05) is 26.2 Å². The Kier molecular flexibility index (Phi) is 5.13. The van der Waals surface area contributed by atoms with Gasteiger partial charge in [0.1, 0.15) is 5.65 Å². The van der Waals surface area contributed by atoms with Crippen molar-refractivity contribution in [2.24, 2.45) is 0 Å². The summed E-state index contributed by atoms with van der Waals surface area (Å²) < 4.78 is 1.61. The van der Waals surface area contributed by atoms with Crippen molar-refractivity contribution in [1.29, 1.82) is 0 Å². The maximum Gasteiger partial charge on any atom is 0.258 e. The molecule has 2 aromatic rings. The van der Waals surface area contributed by atoms with E-state index >= 15 is 0 Å². The van der Waals surface area contributed by atoms with Crippen molar-refractivity contribution in [3.05, 3.63) is 46.5 Å². The molecule has 0 spiro atoms. The van der Waals surface area contributed by atoms with Crippen molar-refractivity contribution >= 4 is 5.65 Å². The van der Waals surface area contributed by atoms with E-state index in [1.54, 1.807) is 16.7 Å². The molecule has 2 aromatic heterocycles. The zero-order chi connectivity index (χ0) is 17.1. The summed E-state index contributed by atoms with van der Waals surface area (Å²) in [5.41, 5.74) is 1.64. The topological polar surface area (TPSA) is 40.9 Å². The molecule has 0 aromatic carbocycles. The van der Waals surface area contributed by atoms with Crippen molar-refractivity contribution < 1.29 is 0 Å². The molecule has 4 rings (SSSR count). The number of rotatable bonds is 3. The summed E-state index contributed by atoms with van der Waals surface area (Å²) in [6.07, 6.45) is 9.96. The number of fused-ring (bicyclic) bond motifs is 1. The number of nitrogens with zero attached hydrogens (tertiary/aromatic N) is 4. The molecule has 5 nitrogen and oxygen atoms in total. The van der Waals surface area contributed by atoms with Gasteiger partial charge >= 0.3 is 0 Å². The maximum atomic E-state index is 12.3. The first kappa shape index (κ1) is 16.7. The molecule has 1 saturated carbocycles. The minimum atomic E-state index is 0.0132. The fraction of sp³-hybridized carbons (Fsp3) is 0.600. The Morgan fingerprint density at radius 1 is 1.00 bits per heavy atom. The lowest BCUT2D eigenvalue weighted by molar-refractivity contribution is 0.158. The highest BCUT2D eigenvalue weighted by Crippen LogP contribution is 2.23. The third-order valence-corrected chi connectivity index (χ3v) is 5.72. The molecule has 1 aliphatic carbocycles. The van der Waals surface area contributed by atoms with Gasteiger partial charge in [-0.15, -0.1) is 0 Å². The molecule has 3 heterocycles. The van der Waals surface area contributed by atoms with E-state index in [1.807, 2.05) is 18.2 Å². The molecular weight excluding hydrogens is 312 g/mol. The molecule has 0 unspecified atom stereocenters. The minimum absolute atomic E-state index is 0.0132. The van der Waals surface area contributed by atoms with Gasteiger partial charge < -0.3 is 0 Å². The molecule has 1 saturated heterocycles. The lowest BCUT2D eigenvalue weighted by Crippen LogP contribution is -2.39. The predicted octanol–water partition coefficient (Wildman–Crippen LogP) is 2.53. The Hall–Kier alpha value is -1.72. The van der Waals surface area contributed by atoms with E-state index in [9.17, 15) is 4.79 Å². The monoisotopic (exact) mass is 340 g/mol. The van der Waals surface area contributed by atoms with Crippen LogP contribution in [0.1, 0.15) is 44.2 Å². The Morgan fingerprint density at radius 3 is 2.76 bits per heavy atom. The minimum Gasteiger partial charge on any atom is -0.299 e. The molecule has 2 aliphatic rings. The molecule has 5 heteroatoms. The van der Waals surface area contributed by atoms with E-state index in [4.69, 9.17) is 0 Å². The number of hydrogen-bond donors (Lipinski definition) is 0. The van der Waals surface area contributed by atoms with E-state index in [0.717, 1.165) is 43.6 Å². The second-order valence-corrected chi connectivity index (χ2v) is 7.47. The Labute approximate surface area is 149 Å². The van der Waals surface area contributed by atoms with Gasteiger partial charge in [-0.3, -0.25) is 19.0 Å². The van der Waals surface area contributed by atoms with Gasteiger partial charge in [0.15, 0.2) is 0 Å². The van der Waals surface area contributed by atoms with Gasteiger partial charge in [-0.2, -0.15) is 0 Å². The smallest absolute Gasteiger partial charge is 0.258 e. The van der Waals surface area contributed by atoms with Crippen LogP contribution in [0.15, 0.2) is 35.3 Å². The van der Waals surface area contributed by atoms with Crippen LogP contribution in [0, 0.1) is 0 Å². The highest BCUT2D eigenvalue weighted by molar-refractivity contribution is 5.37. The SMILES string of the molecule is O=c1cc(CN2CCCN(C3CCCCC3)CC2)nc2ccccn12. The second kappa shape index (κ2) is 7.67. The molecule has 1 aliphatic heterocycles. The third-order valence-electron chi connectivity index (χ3n) is 5.72. The van der Waals surface area contributed by atoms with Crippen LogP contribution in [-0.2, 0) is 6.54 Å². The molecule has 0 atom stereocenters. The van der Waals surface area contributed by atoms with E-state index < -0.39 is 0 Å². The normalized spacial score (nSPS) is 21.4. The number of hydrogen-bond acceptors (Lipinski definition) is 4. The number of pyridine rings is 1. The largest absolute Gasteiger partial charge is 0.299 e. The van der Waals surface area contributed by atoms with E-state index in [2.05, 4.69) is 14.8 Å². The average molecular weight is 340 g/mol. The Bertz CT molecular complexity index is 766. The zero-order valence-electron chi connectivity index (χ0n) is 14.9. The van der Waals surface area contributed by atoms with Crippen molar-refractivity contribution in [3.63, 3.8) is 0 Å². The van der Waals surface area contributed by atoms with Crippen LogP contribution in [0.3, 0.4) is 0 Å². The first-order chi connectivity index (χ1) is 12.3. The van der Waals surface area contributed by atoms with Crippen LogP contribution in [0.4, 0.5) is 0 Å². The molecule has 0 radical (unpaired) electrons. The van der Waals surface area contributed by atoms with Gasteiger partial charge in [0, 0.05) is 37.9 Å². The van der Waals surface area contributed by atoms with E-state index in [1.165, 1.54) is 45.1 Å². The van der Waals surface area contributed by atoms with Crippen molar-refractivity contribution in [2.45, 2.75) is 51.1 Å². The van der Waals surface area contributed by atoms with Gasteiger partial charge in [0.25, 0.3) is 5.56 Å². The van der Waals surface area contributed by atoms with Crippen LogP contribution in [0.5, 0.6) is 0 Å². The first-order valence-electron chi connectivity index (χ1n) is 9.73. The van der Waals surface area contributed by atoms with E-state index in [0.29, 0.717) is 0 Å². The quantitative estimate of drug-likeness (QED) is 0.861. The highest BCUT2D eigenvalue weighted by atomic mass is 16.1. The summed E-state index contributed by atoms with van der Waals surface area (Å²) in [4.78, 5) is 22.1. The second-order valence-electron chi connectivity index (χ2n) is 7.47. The zero-order valence-corrected chi connectivity index (χ0v) is 14.9. The third kappa shape index (κ3) is 3.93. The molecule has 0 N–H and O–H groups in total. The molecule has 0 bridgehead atoms. The summed E-state index contributed by atoms with van der Waals surface area (Å²) in [6.45, 7) is 5.32. The van der Waals surface area contributed by atoms with Gasteiger partial charge in [-0.1, -0.05) is 25.3 Å². The summed E-state index contributed by atoms with van der Waals surface area (Å²) in [5, 5.41) is 0. The summed E-state index contributed by atoms with van der Waals surface area (Å²) in [7, 11) is 0. The fourth-order valence-corrected chi connectivity index (χ4v) is 4.37. The molecule has 2 fully saturated rings. The van der Waals surface area contributed by atoms with Gasteiger partial charge in [-0.25, -0.2) is 4.98 Å². The van der Waals surface area contributed by atoms with Crippen molar-refractivity contribution in [1.82, 2.24) is 19.2 Å². The molecule has 0 amide bonds. The lowest BCUT2D eigenvalue weighted by atomic mass is 9.94. The molecular formula is C20H28N4O. The van der Waals surface area contributed by atoms with Crippen LogP contribution in [0.25, 0.3) is 5.65 Å². The lowest BCUT2D eigenvalue weighted by Gasteiger charge is -2.33. The van der Waals surface area contributed by atoms with Crippen LogP contribution in [-0.4, -0.2) is 51.4 Å². The van der Waals surface area contributed by atoms with Crippen LogP contribution >= 0.6 is 0 Å². The van der Waals surface area contributed by atoms with E-state index in [-0.39, 0.29) is 5.56 Å². The summed E-state index contributed by atoms with van der Waals surface area (Å²) in [6, 6.07) is 8.19. The Morgan fingerprint density at radius 2 is 1.88 bits per heavy atom. The standard InChI is InChI=1S/C20H28N4O/c25-20-15-17(21-19-9-4-5-12-24(19)20)16-22-10-6-11-23(14-13-22)18-7-2-1-3-8-18/h4-5,9,12,15,18H,1-3,6-8,10-11,13-14,16H2. The maximum absolute atomic E-state index is 12.3.